The third-order valence-corrected chi connectivity index (χ3v) is 10.4. The van der Waals surface area contributed by atoms with E-state index >= 15 is 0 Å². The molecule has 3 unspecified atom stereocenters. The number of hydrogen-bond donors (Lipinski definition) is 3. The molecular weight excluding hydrogens is 516 g/mol. The Balaban J connectivity index is 1.45. The maximum Gasteiger partial charge on any atom is 0.0593 e. The van der Waals surface area contributed by atoms with E-state index in [0.29, 0.717) is 44.2 Å². The lowest BCUT2D eigenvalue weighted by atomic mass is 9.88. The van der Waals surface area contributed by atoms with Gasteiger partial charge in [-0.3, -0.25) is 4.90 Å². The number of hydroxylamine groups is 2. The summed E-state index contributed by atoms with van der Waals surface area (Å²) in [4.78, 5) is 2.42. The Labute approximate surface area is 252 Å². The van der Waals surface area contributed by atoms with Crippen LogP contribution >= 0.6 is 0 Å². The van der Waals surface area contributed by atoms with Crippen molar-refractivity contribution in [1.29, 1.82) is 0 Å². The highest BCUT2D eigenvalue weighted by Gasteiger charge is 2.51. The first-order valence-electron chi connectivity index (χ1n) is 16.2. The molecule has 3 aliphatic heterocycles. The summed E-state index contributed by atoms with van der Waals surface area (Å²) in [7, 11) is 0. The van der Waals surface area contributed by atoms with Gasteiger partial charge in [0.15, 0.2) is 0 Å². The Hall–Kier alpha value is -0.320. The molecule has 0 saturated carbocycles. The van der Waals surface area contributed by atoms with Gasteiger partial charge in [0, 0.05) is 70.6 Å². The molecule has 3 heterocycles. The smallest absolute Gasteiger partial charge is 0.0593 e. The van der Waals surface area contributed by atoms with Gasteiger partial charge in [-0.05, 0) is 102 Å². The van der Waals surface area contributed by atoms with E-state index in [1.54, 1.807) is 0 Å². The fourth-order valence-electron chi connectivity index (χ4n) is 8.08. The first-order valence-corrected chi connectivity index (χ1v) is 16.2. The van der Waals surface area contributed by atoms with E-state index in [1.165, 1.54) is 5.06 Å². The van der Waals surface area contributed by atoms with Gasteiger partial charge in [0.2, 0.25) is 0 Å². The molecule has 0 aromatic rings. The molecule has 3 N–H and O–H groups in total. The molecule has 0 aromatic heterocycles. The zero-order chi connectivity index (χ0) is 30.9. The van der Waals surface area contributed by atoms with Crippen LogP contribution in [0, 0.1) is 17.8 Å². The summed E-state index contributed by atoms with van der Waals surface area (Å²) < 4.78 is 18.7. The quantitative estimate of drug-likeness (QED) is 0.235. The maximum absolute atomic E-state index is 10.7. The van der Waals surface area contributed by atoms with Gasteiger partial charge in [-0.15, -0.1) is 0 Å². The molecule has 41 heavy (non-hydrogen) atoms. The van der Waals surface area contributed by atoms with Crippen LogP contribution < -0.4 is 10.6 Å². The van der Waals surface area contributed by atoms with Crippen molar-refractivity contribution in [2.24, 2.45) is 17.8 Å². The predicted octanol–water partition coefficient (Wildman–Crippen LogP) is 4.94. The Kier molecular flexibility index (Phi) is 11.1. The lowest BCUT2D eigenvalue weighted by molar-refractivity contribution is -0.198. The summed E-state index contributed by atoms with van der Waals surface area (Å²) in [5.41, 5.74) is -0.0146. The summed E-state index contributed by atoms with van der Waals surface area (Å²) in [6.07, 6.45) is 3.19. The van der Waals surface area contributed by atoms with Crippen molar-refractivity contribution in [3.63, 3.8) is 0 Å². The SMILES string of the molecule is CC1(C)CC(COCCN(CCOCC2CC(C)(C)NC2(C)C)CCOCC2CC(C)(C)N(O)C2(C)C)C(C)(C)N1. The average molecular weight is 583 g/mol. The van der Waals surface area contributed by atoms with E-state index in [9.17, 15) is 5.21 Å². The van der Waals surface area contributed by atoms with E-state index in [2.05, 4.69) is 98.6 Å². The molecule has 0 spiro atoms. The van der Waals surface area contributed by atoms with Crippen molar-refractivity contribution < 1.29 is 19.4 Å². The minimum atomic E-state index is -0.292. The van der Waals surface area contributed by atoms with Gasteiger partial charge in [-0.2, -0.15) is 5.06 Å². The van der Waals surface area contributed by atoms with Gasteiger partial charge in [0.1, 0.15) is 0 Å². The van der Waals surface area contributed by atoms with E-state index < -0.39 is 0 Å². The van der Waals surface area contributed by atoms with Gasteiger partial charge < -0.3 is 30.1 Å². The third-order valence-electron chi connectivity index (χ3n) is 10.4. The minimum absolute atomic E-state index is 0.0923. The van der Waals surface area contributed by atoms with E-state index in [0.717, 1.165) is 52.1 Å². The van der Waals surface area contributed by atoms with Crippen LogP contribution in [-0.4, -0.2) is 108 Å². The monoisotopic (exact) mass is 583 g/mol. The number of ether oxygens (including phenoxy) is 3. The van der Waals surface area contributed by atoms with Crippen molar-refractivity contribution in [1.82, 2.24) is 20.6 Å². The second-order valence-corrected chi connectivity index (χ2v) is 17.0. The molecule has 0 aromatic carbocycles. The summed E-state index contributed by atoms with van der Waals surface area (Å²) in [5.74, 6) is 1.31. The van der Waals surface area contributed by atoms with Gasteiger partial charge in [0.05, 0.1) is 39.6 Å². The first kappa shape index (κ1) is 35.2. The average Bonchev–Trinajstić information content (AvgIpc) is 3.23. The van der Waals surface area contributed by atoms with Crippen LogP contribution in [-0.2, 0) is 14.2 Å². The number of hydrogen-bond acceptors (Lipinski definition) is 8. The second-order valence-electron chi connectivity index (χ2n) is 17.0. The molecule has 3 fully saturated rings. The second kappa shape index (κ2) is 13.0. The molecule has 3 atom stereocenters. The van der Waals surface area contributed by atoms with E-state index in [4.69, 9.17) is 14.2 Å². The topological polar surface area (TPSA) is 78.5 Å². The highest BCUT2D eigenvalue weighted by molar-refractivity contribution is 5.04. The summed E-state index contributed by atoms with van der Waals surface area (Å²) in [5, 5.41) is 19.7. The van der Waals surface area contributed by atoms with Gasteiger partial charge >= 0.3 is 0 Å². The van der Waals surface area contributed by atoms with Crippen LogP contribution in [0.25, 0.3) is 0 Å². The fourth-order valence-corrected chi connectivity index (χ4v) is 8.08. The molecule has 8 heteroatoms. The van der Waals surface area contributed by atoms with Crippen molar-refractivity contribution in [2.45, 2.75) is 136 Å². The Bertz CT molecular complexity index is 797. The van der Waals surface area contributed by atoms with Crippen molar-refractivity contribution in [3.8, 4) is 0 Å². The van der Waals surface area contributed by atoms with Crippen LogP contribution in [0.2, 0.25) is 0 Å². The first-order chi connectivity index (χ1) is 18.7. The lowest BCUT2D eigenvalue weighted by Crippen LogP contribution is -2.47. The number of nitrogens with one attached hydrogen (secondary N) is 2. The zero-order valence-electron chi connectivity index (χ0n) is 28.8. The normalized spacial score (nSPS) is 31.3. The summed E-state index contributed by atoms with van der Waals surface area (Å²) >= 11 is 0. The van der Waals surface area contributed by atoms with Crippen LogP contribution in [0.15, 0.2) is 0 Å². The molecule has 8 nitrogen and oxygen atoms in total. The van der Waals surface area contributed by atoms with Crippen molar-refractivity contribution in [2.75, 3.05) is 59.3 Å². The van der Waals surface area contributed by atoms with Gasteiger partial charge in [-0.1, -0.05) is 0 Å². The Morgan fingerprint density at radius 1 is 0.610 bits per heavy atom. The summed E-state index contributed by atoms with van der Waals surface area (Å²) in [6.45, 7) is 33.6. The molecule has 3 aliphatic rings. The molecule has 0 bridgehead atoms. The molecule has 0 aliphatic carbocycles. The van der Waals surface area contributed by atoms with E-state index in [1.807, 2.05) is 0 Å². The highest BCUT2D eigenvalue weighted by Crippen LogP contribution is 2.43. The predicted molar refractivity (Wildman–Crippen MR) is 168 cm³/mol. The van der Waals surface area contributed by atoms with Crippen LogP contribution in [0.4, 0.5) is 0 Å². The van der Waals surface area contributed by atoms with Gasteiger partial charge in [-0.25, -0.2) is 0 Å². The molecular formula is C33H66N4O4. The van der Waals surface area contributed by atoms with Crippen molar-refractivity contribution >= 4 is 0 Å². The number of rotatable bonds is 15. The molecule has 3 saturated heterocycles. The summed E-state index contributed by atoms with van der Waals surface area (Å²) in [6, 6.07) is 0. The number of nitrogens with zero attached hydrogens (tertiary/aromatic N) is 2. The molecule has 0 amide bonds. The highest BCUT2D eigenvalue weighted by atomic mass is 16.5. The van der Waals surface area contributed by atoms with Crippen LogP contribution in [0.5, 0.6) is 0 Å². The molecule has 242 valence electrons. The third kappa shape index (κ3) is 9.34. The minimum Gasteiger partial charge on any atom is -0.380 e. The maximum atomic E-state index is 10.7. The van der Waals surface area contributed by atoms with Crippen LogP contribution in [0.1, 0.15) is 102 Å². The lowest BCUT2D eigenvalue weighted by Gasteiger charge is -2.36. The molecule has 3 rings (SSSR count). The van der Waals surface area contributed by atoms with E-state index in [-0.39, 0.29) is 33.2 Å². The zero-order valence-corrected chi connectivity index (χ0v) is 28.8. The van der Waals surface area contributed by atoms with Gasteiger partial charge in [0.25, 0.3) is 0 Å². The standard InChI is InChI=1S/C33H66N4O4/c1-28(2)19-25(31(7,8)34-28)22-39-16-13-36(14-17-40-23-26-20-29(3,4)35-32(26,9)10)15-18-41-24-27-21-30(5,6)37(38)33(27,11)12/h25-27,34-35,38H,13-24H2,1-12H3. The fraction of sp³-hybridized carbons (Fsp3) is 1.00. The van der Waals surface area contributed by atoms with Crippen molar-refractivity contribution in [3.05, 3.63) is 0 Å². The Morgan fingerprint density at radius 3 is 1.27 bits per heavy atom. The largest absolute Gasteiger partial charge is 0.380 e. The Morgan fingerprint density at radius 2 is 0.976 bits per heavy atom. The molecule has 0 radical (unpaired) electrons. The van der Waals surface area contributed by atoms with Crippen LogP contribution in [0.3, 0.4) is 0 Å².